The summed E-state index contributed by atoms with van der Waals surface area (Å²) in [4.78, 5) is 34.9. The van der Waals surface area contributed by atoms with E-state index in [4.69, 9.17) is 9.47 Å². The first kappa shape index (κ1) is 44.8. The van der Waals surface area contributed by atoms with E-state index in [1.165, 1.54) is 37.7 Å². The van der Waals surface area contributed by atoms with Crippen LogP contribution in [-0.4, -0.2) is 93.4 Å². The third-order valence-electron chi connectivity index (χ3n) is 6.27. The fraction of sp³-hybridized carbons (Fsp3) is 0.214. The van der Waals surface area contributed by atoms with Gasteiger partial charge in [-0.1, -0.05) is 24.3 Å². The van der Waals surface area contributed by atoms with Crippen molar-refractivity contribution in [3.05, 3.63) is 60.9 Å². The van der Waals surface area contributed by atoms with Gasteiger partial charge in [-0.25, -0.2) is 18.4 Å². The molecule has 6 N–H and O–H groups in total. The number of aromatic nitrogens is 8. The quantitative estimate of drug-likeness (QED) is 0.0109. The van der Waals surface area contributed by atoms with Crippen molar-refractivity contribution in [1.82, 2.24) is 39.9 Å². The van der Waals surface area contributed by atoms with Crippen LogP contribution in [0.15, 0.2) is 70.7 Å². The molecule has 0 atom stereocenters. The summed E-state index contributed by atoms with van der Waals surface area (Å²) in [5, 5.41) is 31.6. The number of nitrogens with one attached hydrogen (secondary N) is 6. The molecule has 0 aliphatic carbocycles. The zero-order valence-corrected chi connectivity index (χ0v) is 34.9. The van der Waals surface area contributed by atoms with E-state index in [9.17, 15) is 18.2 Å². The molecule has 0 saturated carbocycles. The summed E-state index contributed by atoms with van der Waals surface area (Å²) in [6.45, 7) is 1.49. The molecule has 3 heterocycles. The predicted molar refractivity (Wildman–Crippen MR) is 184 cm³/mol. The van der Waals surface area contributed by atoms with Gasteiger partial charge in [0.15, 0.2) is 11.6 Å². The molecule has 0 fully saturated rings. The molecule has 5 aromatic rings. The van der Waals surface area contributed by atoms with Gasteiger partial charge in [-0.05, 0) is 24.3 Å². The molecule has 0 amide bonds. The number of methoxy groups -OCH3 is 2. The van der Waals surface area contributed by atoms with Gasteiger partial charge in [-0.3, -0.25) is 5.04 Å². The minimum atomic E-state index is -4.80. The van der Waals surface area contributed by atoms with Crippen molar-refractivity contribution >= 4 is 80.9 Å². The van der Waals surface area contributed by atoms with E-state index in [2.05, 4.69) is 81.1 Å². The second kappa shape index (κ2) is 22.7. The van der Waals surface area contributed by atoms with Crippen LogP contribution in [0.5, 0.6) is 0 Å². The second-order valence-electron chi connectivity index (χ2n) is 9.90. The maximum atomic E-state index is 11.8. The first-order valence-electron chi connectivity index (χ1n) is 14.9. The van der Waals surface area contributed by atoms with Crippen LogP contribution in [0.4, 0.5) is 58.7 Å². The molecule has 0 saturated heterocycles. The van der Waals surface area contributed by atoms with Gasteiger partial charge in [0, 0.05) is 27.3 Å². The largest absolute Gasteiger partial charge is 1.00 e. The summed E-state index contributed by atoms with van der Waals surface area (Å²) >= 11 is 0.705. The number of hydrogen-bond acceptors (Lipinski definition) is 23. The van der Waals surface area contributed by atoms with Gasteiger partial charge in [0.2, 0.25) is 35.7 Å². The number of hydrogen-bond donors (Lipinski definition) is 6. The van der Waals surface area contributed by atoms with E-state index < -0.39 is 15.0 Å². The molecule has 5 rings (SSSR count). The van der Waals surface area contributed by atoms with Crippen LogP contribution in [0, 0.1) is 0 Å². The summed E-state index contributed by atoms with van der Waals surface area (Å²) in [5.41, 5.74) is 0.501. The minimum absolute atomic E-state index is 0. The zero-order valence-electron chi connectivity index (χ0n) is 29.3. The van der Waals surface area contributed by atoms with Crippen molar-refractivity contribution in [3.8, 4) is 0 Å². The van der Waals surface area contributed by atoms with E-state index in [0.717, 1.165) is 0 Å². The van der Waals surface area contributed by atoms with Gasteiger partial charge >= 0.3 is 59.1 Å². The molecule has 2 aromatic carbocycles. The van der Waals surface area contributed by atoms with Crippen LogP contribution in [0.2, 0.25) is 0 Å². The van der Waals surface area contributed by atoms with Crippen LogP contribution in [0.1, 0.15) is 0 Å². The molecular weight excluding hydrogens is 771 g/mol. The van der Waals surface area contributed by atoms with Crippen molar-refractivity contribution in [2.75, 3.05) is 72.4 Å². The molecule has 0 aliphatic heterocycles. The Balaban J connectivity index is 0.00000392. The second-order valence-corrected chi connectivity index (χ2v) is 12.0. The molecule has 274 valence electrons. The van der Waals surface area contributed by atoms with Crippen LogP contribution >= 0.6 is 12.0 Å². The molecule has 0 spiro atoms. The Kier molecular flexibility index (Phi) is 18.8. The summed E-state index contributed by atoms with van der Waals surface area (Å²) in [7, 11) is -1.70. The molecule has 0 bridgehead atoms. The first-order chi connectivity index (χ1) is 25.2. The Morgan fingerprint density at radius 1 is 0.648 bits per heavy atom. The van der Waals surface area contributed by atoms with E-state index in [1.807, 2.05) is 0 Å². The van der Waals surface area contributed by atoms with Crippen LogP contribution in [-0.2, 0) is 29.0 Å². The number of benzene rings is 2. The maximum Gasteiger partial charge on any atom is 1.00 e. The molecular formula is C28H30N14Na2O8S2. The van der Waals surface area contributed by atoms with Crippen LogP contribution in [0.3, 0.4) is 0 Å². The number of para-hydroxylation sites is 2. The number of ether oxygens (including phenoxy) is 2. The molecule has 0 aliphatic rings. The van der Waals surface area contributed by atoms with Crippen LogP contribution < -0.4 is 96.3 Å². The van der Waals surface area contributed by atoms with Gasteiger partial charge in [0.05, 0.1) is 58.8 Å². The minimum Gasteiger partial charge on any atom is -0.744 e. The summed E-state index contributed by atoms with van der Waals surface area (Å²) < 4.78 is 50.0. The van der Waals surface area contributed by atoms with Crippen LogP contribution in [0.25, 0.3) is 0 Å². The van der Waals surface area contributed by atoms with Gasteiger partial charge in [0.25, 0.3) is 0 Å². The fourth-order valence-corrected chi connectivity index (χ4v) is 5.15. The van der Waals surface area contributed by atoms with Gasteiger partial charge in [-0.15, -0.1) is 0 Å². The molecule has 26 heteroatoms. The summed E-state index contributed by atoms with van der Waals surface area (Å²) in [6.07, 6.45) is 2.79. The predicted octanol–water partition coefficient (Wildman–Crippen LogP) is -3.92. The Morgan fingerprint density at radius 2 is 1.09 bits per heavy atom. The average Bonchev–Trinajstić information content (AvgIpc) is 3.12. The van der Waals surface area contributed by atoms with E-state index >= 15 is 0 Å². The average molecular weight is 801 g/mol. The molecule has 54 heavy (non-hydrogen) atoms. The molecule has 0 radical (unpaired) electrons. The molecule has 0 unspecified atom stereocenters. The summed E-state index contributed by atoms with van der Waals surface area (Å²) in [6, 6.07) is 12.5. The maximum absolute atomic E-state index is 11.8. The van der Waals surface area contributed by atoms with Crippen molar-refractivity contribution in [2.45, 2.75) is 9.79 Å². The zero-order chi connectivity index (χ0) is 36.8. The van der Waals surface area contributed by atoms with E-state index in [-0.39, 0.29) is 112 Å². The van der Waals surface area contributed by atoms with Crippen molar-refractivity contribution < 1.29 is 96.2 Å². The smallest absolute Gasteiger partial charge is 0.744 e. The van der Waals surface area contributed by atoms with Crippen molar-refractivity contribution in [1.29, 1.82) is 0 Å². The Labute approximate surface area is 357 Å². The number of nitrogens with zero attached hydrogens (tertiary/aromatic N) is 8. The normalized spacial score (nSPS) is 10.7. The number of rotatable bonds is 20. The Morgan fingerprint density at radius 3 is 1.57 bits per heavy atom. The Bertz CT molecular complexity index is 2050. The van der Waals surface area contributed by atoms with Gasteiger partial charge in [-0.2, -0.15) is 34.2 Å². The monoisotopic (exact) mass is 800 g/mol. The summed E-state index contributed by atoms with van der Waals surface area (Å²) in [5.74, 6) is 1.03. The fourth-order valence-electron chi connectivity index (χ4n) is 4.07. The van der Waals surface area contributed by atoms with Gasteiger partial charge in [0.1, 0.15) is 10.1 Å². The number of anilines is 10. The topological polar surface area (TPSA) is 292 Å². The van der Waals surface area contributed by atoms with Crippen molar-refractivity contribution in [3.63, 3.8) is 0 Å². The third kappa shape index (κ3) is 13.9. The van der Waals surface area contributed by atoms with Crippen molar-refractivity contribution in [2.24, 2.45) is 0 Å². The SMILES string of the molecule is COCCNc1nc(Nc2cnc(Nc3nc(NCCOC)nc(Nc4ccccc4S(=O)(=O)[O-])n3)cn2)nc(Nc2ccccc2SOO[O-])n1.[Na+].[Na+]. The standard InChI is InChI=1S/C28H32N14O8S2.2Na/c1-47-13-11-29-23-37-25(33-17-7-3-5-9-19(17)51-50-49-43)41-27(39-23)35-21-15-32-22(16-31-21)36-28-40-24(30-12-14-48-2)38-26(42-28)34-18-8-4-6-10-20(18)52(44,45)46;;/h3-10,15-16,43H,11-14H2,1-2H3,(H,44,45,46)(H3,29,31,33,35,37,39,41)(H3,30,32,34,36,38,40,42);;/q;2*+1/p-2. The third-order valence-corrected chi connectivity index (χ3v) is 7.82. The van der Waals surface area contributed by atoms with E-state index in [0.29, 0.717) is 48.9 Å². The molecule has 3 aromatic heterocycles. The first-order valence-corrected chi connectivity index (χ1v) is 17.0. The van der Waals surface area contributed by atoms with E-state index in [1.54, 1.807) is 37.4 Å². The Hall–Kier alpha value is -3.60. The van der Waals surface area contributed by atoms with Gasteiger partial charge < -0.3 is 51.2 Å². The molecule has 22 nitrogen and oxygen atoms in total.